The molecule has 0 amide bonds. The van der Waals surface area contributed by atoms with Gasteiger partial charge in [-0.15, -0.1) is 0 Å². The molecule has 1 atom stereocenters. The number of methoxy groups -OCH3 is 1. The van der Waals surface area contributed by atoms with Gasteiger partial charge in [0.15, 0.2) is 5.78 Å². The maximum absolute atomic E-state index is 12.9. The lowest BCUT2D eigenvalue weighted by Crippen LogP contribution is -2.42. The van der Waals surface area contributed by atoms with Crippen LogP contribution < -0.4 is 0 Å². The molecule has 0 aliphatic heterocycles. The molecule has 0 saturated heterocycles. The van der Waals surface area contributed by atoms with E-state index in [1.807, 2.05) is 0 Å². The summed E-state index contributed by atoms with van der Waals surface area (Å²) in [7, 11) is 1.32. The smallest absolute Gasteiger partial charge is 0.368 e. The van der Waals surface area contributed by atoms with Crippen molar-refractivity contribution >= 4 is 5.78 Å². The minimum absolute atomic E-state index is 0.0168. The summed E-state index contributed by atoms with van der Waals surface area (Å²) in [5, 5.41) is 9.16. The monoisotopic (exact) mass is 324 g/mol. The molecule has 0 bridgehead atoms. The lowest BCUT2D eigenvalue weighted by Gasteiger charge is -2.39. The Hall–Kier alpha value is -2.20. The van der Waals surface area contributed by atoms with E-state index < -0.39 is 22.9 Å². The zero-order valence-electron chi connectivity index (χ0n) is 12.9. The van der Waals surface area contributed by atoms with Crippen LogP contribution in [0.1, 0.15) is 31.7 Å². The average molecular weight is 324 g/mol. The zero-order valence-corrected chi connectivity index (χ0v) is 12.9. The number of rotatable bonds is 2. The van der Waals surface area contributed by atoms with E-state index in [9.17, 15) is 18.0 Å². The Morgan fingerprint density at radius 1 is 1.35 bits per heavy atom. The number of ether oxygens (including phenoxy) is 1. The normalized spacial score (nSPS) is 24.0. The second kappa shape index (κ2) is 5.46. The summed E-state index contributed by atoms with van der Waals surface area (Å²) >= 11 is 0. The standard InChI is InChI=1S/C16H15F3N2O2/c1-14(2)9-15(23-3,7-10(8-20)13(14)22)11-5-4-6-12(21-11)16(17,18)19/h4-7H,9H2,1-3H3. The first kappa shape index (κ1) is 17.2. The highest BCUT2D eigenvalue weighted by Gasteiger charge is 2.47. The number of pyridine rings is 1. The highest BCUT2D eigenvalue weighted by atomic mass is 19.4. The van der Waals surface area contributed by atoms with Gasteiger partial charge in [-0.3, -0.25) is 4.79 Å². The van der Waals surface area contributed by atoms with E-state index >= 15 is 0 Å². The molecule has 1 aliphatic carbocycles. The number of nitrogens with zero attached hydrogens (tertiary/aromatic N) is 2. The van der Waals surface area contributed by atoms with E-state index in [2.05, 4.69) is 4.98 Å². The number of nitriles is 1. The fourth-order valence-electron chi connectivity index (χ4n) is 2.76. The Morgan fingerprint density at radius 3 is 2.52 bits per heavy atom. The number of hydrogen-bond acceptors (Lipinski definition) is 4. The number of aromatic nitrogens is 1. The number of halogens is 3. The van der Waals surface area contributed by atoms with Crippen LogP contribution in [-0.2, 0) is 21.3 Å². The van der Waals surface area contributed by atoms with Crippen molar-refractivity contribution in [1.29, 1.82) is 5.26 Å². The minimum Gasteiger partial charge on any atom is -0.368 e. The van der Waals surface area contributed by atoms with Crippen LogP contribution in [-0.4, -0.2) is 17.9 Å². The van der Waals surface area contributed by atoms with Gasteiger partial charge < -0.3 is 4.74 Å². The molecule has 122 valence electrons. The molecule has 23 heavy (non-hydrogen) atoms. The van der Waals surface area contributed by atoms with Crippen molar-refractivity contribution in [3.05, 3.63) is 41.2 Å². The predicted octanol–water partition coefficient (Wildman–Crippen LogP) is 3.39. The quantitative estimate of drug-likeness (QED) is 0.836. The van der Waals surface area contributed by atoms with Gasteiger partial charge in [0.25, 0.3) is 0 Å². The second-order valence-electron chi connectivity index (χ2n) is 6.06. The molecule has 1 unspecified atom stereocenters. The third-order valence-corrected chi connectivity index (χ3v) is 3.90. The first-order valence-electron chi connectivity index (χ1n) is 6.83. The average Bonchev–Trinajstić information content (AvgIpc) is 2.49. The van der Waals surface area contributed by atoms with Crippen molar-refractivity contribution in [1.82, 2.24) is 4.98 Å². The van der Waals surface area contributed by atoms with Crippen molar-refractivity contribution in [3.8, 4) is 6.07 Å². The Kier molecular flexibility index (Phi) is 4.07. The van der Waals surface area contributed by atoms with Gasteiger partial charge in [-0.05, 0) is 24.6 Å². The van der Waals surface area contributed by atoms with Gasteiger partial charge in [-0.2, -0.15) is 18.4 Å². The molecule has 4 nitrogen and oxygen atoms in total. The molecule has 0 radical (unpaired) electrons. The number of carbonyl (C=O) groups excluding carboxylic acids is 1. The van der Waals surface area contributed by atoms with E-state index in [-0.39, 0.29) is 23.5 Å². The van der Waals surface area contributed by atoms with Gasteiger partial charge in [0, 0.05) is 12.5 Å². The molecule has 2 rings (SSSR count). The van der Waals surface area contributed by atoms with E-state index in [1.165, 1.54) is 25.3 Å². The van der Waals surface area contributed by atoms with Crippen molar-refractivity contribution in [2.75, 3.05) is 7.11 Å². The molecule has 0 aromatic carbocycles. The van der Waals surface area contributed by atoms with Crippen molar-refractivity contribution < 1.29 is 22.7 Å². The van der Waals surface area contributed by atoms with Crippen molar-refractivity contribution in [2.45, 2.75) is 32.0 Å². The number of Topliss-reactive ketones (excluding diaryl/α,β-unsaturated/α-hetero) is 1. The van der Waals surface area contributed by atoms with Crippen LogP contribution in [0.4, 0.5) is 13.2 Å². The fourth-order valence-corrected chi connectivity index (χ4v) is 2.76. The summed E-state index contributed by atoms with van der Waals surface area (Å²) in [6.45, 7) is 3.25. The fraction of sp³-hybridized carbons (Fsp3) is 0.438. The minimum atomic E-state index is -4.59. The number of alkyl halides is 3. The van der Waals surface area contributed by atoms with E-state index in [4.69, 9.17) is 10.00 Å². The summed E-state index contributed by atoms with van der Waals surface area (Å²) < 4.78 is 44.1. The lowest BCUT2D eigenvalue weighted by molar-refractivity contribution is -0.142. The van der Waals surface area contributed by atoms with Gasteiger partial charge in [0.2, 0.25) is 0 Å². The Labute approximate surface area is 131 Å². The topological polar surface area (TPSA) is 63.0 Å². The Balaban J connectivity index is 2.65. The highest BCUT2D eigenvalue weighted by molar-refractivity contribution is 6.03. The maximum atomic E-state index is 12.9. The second-order valence-corrected chi connectivity index (χ2v) is 6.06. The summed E-state index contributed by atoms with van der Waals surface area (Å²) in [6.07, 6.45) is -3.23. The molecule has 0 spiro atoms. The molecule has 0 N–H and O–H groups in total. The van der Waals surface area contributed by atoms with E-state index in [0.717, 1.165) is 6.07 Å². The molecular formula is C16H15F3N2O2. The highest BCUT2D eigenvalue weighted by Crippen LogP contribution is 2.45. The first-order valence-corrected chi connectivity index (χ1v) is 6.83. The van der Waals surface area contributed by atoms with Gasteiger partial charge in [-0.1, -0.05) is 19.9 Å². The zero-order chi connectivity index (χ0) is 17.5. The van der Waals surface area contributed by atoms with Crippen LogP contribution in [0.3, 0.4) is 0 Å². The summed E-state index contributed by atoms with van der Waals surface area (Å²) in [5.41, 5.74) is -3.48. The number of ketones is 1. The largest absolute Gasteiger partial charge is 0.433 e. The number of hydrogen-bond donors (Lipinski definition) is 0. The maximum Gasteiger partial charge on any atom is 0.433 e. The van der Waals surface area contributed by atoms with Gasteiger partial charge in [0.1, 0.15) is 17.4 Å². The third-order valence-electron chi connectivity index (χ3n) is 3.90. The Morgan fingerprint density at radius 2 is 2.00 bits per heavy atom. The molecule has 1 aromatic rings. The molecular weight excluding hydrogens is 309 g/mol. The van der Waals surface area contributed by atoms with Crippen molar-refractivity contribution in [2.24, 2.45) is 5.41 Å². The molecule has 0 fully saturated rings. The van der Waals surface area contributed by atoms with E-state index in [0.29, 0.717) is 0 Å². The third kappa shape index (κ3) is 2.99. The molecule has 1 heterocycles. The molecule has 1 aliphatic rings. The van der Waals surface area contributed by atoms with Crippen molar-refractivity contribution in [3.63, 3.8) is 0 Å². The molecule has 1 aromatic heterocycles. The first-order chi connectivity index (χ1) is 10.6. The number of allylic oxidation sites excluding steroid dienone is 1. The molecule has 7 heteroatoms. The van der Waals surface area contributed by atoms with Crippen LogP contribution in [0, 0.1) is 16.7 Å². The number of carbonyl (C=O) groups is 1. The predicted molar refractivity (Wildman–Crippen MR) is 75.0 cm³/mol. The summed E-state index contributed by atoms with van der Waals surface area (Å²) in [6, 6.07) is 5.29. The van der Waals surface area contributed by atoms with Gasteiger partial charge >= 0.3 is 6.18 Å². The van der Waals surface area contributed by atoms with Crippen LogP contribution in [0.15, 0.2) is 29.8 Å². The van der Waals surface area contributed by atoms with Crippen LogP contribution in [0.5, 0.6) is 0 Å². The summed E-state index contributed by atoms with van der Waals surface area (Å²) in [5.74, 6) is -0.361. The van der Waals surface area contributed by atoms with Crippen LogP contribution in [0.25, 0.3) is 0 Å². The lowest BCUT2D eigenvalue weighted by atomic mass is 9.68. The van der Waals surface area contributed by atoms with Gasteiger partial charge in [0.05, 0.1) is 11.3 Å². The van der Waals surface area contributed by atoms with Gasteiger partial charge in [-0.25, -0.2) is 4.98 Å². The summed E-state index contributed by atoms with van der Waals surface area (Å²) in [4.78, 5) is 15.8. The van der Waals surface area contributed by atoms with Crippen LogP contribution >= 0.6 is 0 Å². The Bertz CT molecular complexity index is 717. The van der Waals surface area contributed by atoms with Crippen LogP contribution in [0.2, 0.25) is 0 Å². The van der Waals surface area contributed by atoms with E-state index in [1.54, 1.807) is 19.9 Å². The SMILES string of the molecule is COC1(c2cccc(C(F)(F)F)n2)C=C(C#N)C(=O)C(C)(C)C1. The molecule has 0 saturated carbocycles.